The van der Waals surface area contributed by atoms with Crippen LogP contribution in [0.4, 0.5) is 8.78 Å². The van der Waals surface area contributed by atoms with Gasteiger partial charge in [-0.15, -0.1) is 0 Å². The van der Waals surface area contributed by atoms with Crippen molar-refractivity contribution in [2.75, 3.05) is 0 Å². The minimum absolute atomic E-state index is 0.118. The molecule has 7 heteroatoms. The van der Waals surface area contributed by atoms with E-state index in [1.807, 2.05) is 0 Å². The first-order valence-electron chi connectivity index (χ1n) is 5.98. The van der Waals surface area contributed by atoms with Gasteiger partial charge in [-0.05, 0) is 39.5 Å². The zero-order valence-electron chi connectivity index (χ0n) is 12.4. The van der Waals surface area contributed by atoms with E-state index in [-0.39, 0.29) is 11.4 Å². The van der Waals surface area contributed by atoms with E-state index in [4.69, 9.17) is 11.6 Å². The summed E-state index contributed by atoms with van der Waals surface area (Å²) in [6.45, 7) is 6.40. The van der Waals surface area contributed by atoms with Gasteiger partial charge in [0.2, 0.25) is 0 Å². The summed E-state index contributed by atoms with van der Waals surface area (Å²) in [5.41, 5.74) is 4.00. The second-order valence-corrected chi connectivity index (χ2v) is 5.09. The molecule has 0 amide bonds. The van der Waals surface area contributed by atoms with E-state index >= 15 is 0 Å². The molecular weight excluding hydrogens is 266 g/mol. The van der Waals surface area contributed by atoms with E-state index in [0.29, 0.717) is 5.57 Å². The lowest BCUT2D eigenvalue weighted by Gasteiger charge is -2.32. The standard InChI is InChI=1S/C13H22F2N4O/c1-8(6-16)7-18-9(2)10(20)11(19-17)12(3,4)13(5,14)15/h6-7,20H,16-17H2,1-5H3/b8-6?,10-9-,18-7?,19-11+. The van der Waals surface area contributed by atoms with Crippen molar-refractivity contribution in [2.24, 2.45) is 27.1 Å². The Morgan fingerprint density at radius 2 is 1.70 bits per heavy atom. The van der Waals surface area contributed by atoms with Crippen molar-refractivity contribution in [1.82, 2.24) is 0 Å². The van der Waals surface area contributed by atoms with Crippen LogP contribution in [-0.2, 0) is 0 Å². The van der Waals surface area contributed by atoms with Crippen LogP contribution in [0.1, 0.15) is 34.6 Å². The third-order valence-electron chi connectivity index (χ3n) is 3.11. The summed E-state index contributed by atoms with van der Waals surface area (Å²) < 4.78 is 27.2. The van der Waals surface area contributed by atoms with Crippen LogP contribution in [0.3, 0.4) is 0 Å². The fourth-order valence-electron chi connectivity index (χ4n) is 1.20. The quantitative estimate of drug-likeness (QED) is 0.314. The lowest BCUT2D eigenvalue weighted by molar-refractivity contribution is -0.0541. The molecule has 0 radical (unpaired) electrons. The maximum atomic E-state index is 13.6. The van der Waals surface area contributed by atoms with Gasteiger partial charge in [0.05, 0.1) is 11.1 Å². The highest BCUT2D eigenvalue weighted by Crippen LogP contribution is 2.39. The fourth-order valence-corrected chi connectivity index (χ4v) is 1.20. The third kappa shape index (κ3) is 4.04. The number of hydrazone groups is 1. The maximum absolute atomic E-state index is 13.6. The first-order valence-corrected chi connectivity index (χ1v) is 5.98. The van der Waals surface area contributed by atoms with Crippen molar-refractivity contribution in [3.05, 3.63) is 23.2 Å². The molecule has 114 valence electrons. The van der Waals surface area contributed by atoms with Gasteiger partial charge in [-0.1, -0.05) is 0 Å². The summed E-state index contributed by atoms with van der Waals surface area (Å²) in [6, 6.07) is 0. The van der Waals surface area contributed by atoms with E-state index in [2.05, 4.69) is 10.1 Å². The summed E-state index contributed by atoms with van der Waals surface area (Å²) in [7, 11) is 0. The Morgan fingerprint density at radius 1 is 1.20 bits per heavy atom. The number of rotatable bonds is 5. The average Bonchev–Trinajstić information content (AvgIpc) is 2.34. The first-order chi connectivity index (χ1) is 8.98. The van der Waals surface area contributed by atoms with Crippen molar-refractivity contribution >= 4 is 11.9 Å². The minimum atomic E-state index is -3.11. The van der Waals surface area contributed by atoms with Gasteiger partial charge in [-0.2, -0.15) is 5.10 Å². The van der Waals surface area contributed by atoms with Crippen LogP contribution in [0.2, 0.25) is 0 Å². The molecule has 0 aromatic carbocycles. The number of hydrogen-bond acceptors (Lipinski definition) is 5. The van der Waals surface area contributed by atoms with Gasteiger partial charge >= 0.3 is 0 Å². The topological polar surface area (TPSA) is 97.0 Å². The molecule has 0 unspecified atom stereocenters. The van der Waals surface area contributed by atoms with Crippen LogP contribution >= 0.6 is 0 Å². The lowest BCUT2D eigenvalue weighted by atomic mass is 9.80. The summed E-state index contributed by atoms with van der Waals surface area (Å²) in [6.07, 6.45) is 2.73. The third-order valence-corrected chi connectivity index (χ3v) is 3.11. The van der Waals surface area contributed by atoms with E-state index in [9.17, 15) is 13.9 Å². The van der Waals surface area contributed by atoms with Crippen LogP contribution in [0.25, 0.3) is 0 Å². The molecule has 20 heavy (non-hydrogen) atoms. The number of aliphatic imine (C=N–C) groups is 1. The number of aliphatic hydroxyl groups is 1. The monoisotopic (exact) mass is 288 g/mol. The molecule has 0 spiro atoms. The Morgan fingerprint density at radius 3 is 2.05 bits per heavy atom. The highest BCUT2D eigenvalue weighted by molar-refractivity contribution is 6.03. The Bertz CT molecular complexity index is 471. The Balaban J connectivity index is 5.65. The first kappa shape index (κ1) is 18.1. The van der Waals surface area contributed by atoms with Crippen molar-refractivity contribution in [1.29, 1.82) is 0 Å². The highest BCUT2D eigenvalue weighted by atomic mass is 19.3. The number of aliphatic hydroxyl groups excluding tert-OH is 1. The fraction of sp³-hybridized carbons (Fsp3) is 0.538. The molecule has 0 saturated carbocycles. The molecule has 0 aromatic heterocycles. The van der Waals surface area contributed by atoms with Crippen LogP contribution in [0.5, 0.6) is 0 Å². The number of nitrogens with zero attached hydrogens (tertiary/aromatic N) is 2. The van der Waals surface area contributed by atoms with Gasteiger partial charge < -0.3 is 16.7 Å². The van der Waals surface area contributed by atoms with Crippen LogP contribution in [0.15, 0.2) is 33.3 Å². The largest absolute Gasteiger partial charge is 0.504 e. The number of allylic oxidation sites excluding steroid dienone is 3. The summed E-state index contributed by atoms with van der Waals surface area (Å²) >= 11 is 0. The summed E-state index contributed by atoms with van der Waals surface area (Å²) in [5, 5.41) is 13.3. The molecule has 0 aliphatic carbocycles. The zero-order chi connectivity index (χ0) is 16.1. The summed E-state index contributed by atoms with van der Waals surface area (Å²) in [5.74, 6) is 1.57. The minimum Gasteiger partial charge on any atom is -0.504 e. The van der Waals surface area contributed by atoms with Gasteiger partial charge in [-0.25, -0.2) is 8.78 Å². The van der Waals surface area contributed by atoms with Crippen molar-refractivity contribution < 1.29 is 13.9 Å². The van der Waals surface area contributed by atoms with E-state index in [1.54, 1.807) is 6.92 Å². The SMILES string of the molecule is CC(C=N/C(C)=C(O)/C(=N\N)C(C)(C)C(C)(F)F)=CN. The molecule has 0 saturated heterocycles. The second kappa shape index (κ2) is 6.49. The highest BCUT2D eigenvalue weighted by Gasteiger charge is 2.47. The van der Waals surface area contributed by atoms with Gasteiger partial charge in [0.15, 0.2) is 5.76 Å². The van der Waals surface area contributed by atoms with Crippen LogP contribution in [0, 0.1) is 5.41 Å². The van der Waals surface area contributed by atoms with Crippen molar-refractivity contribution in [3.63, 3.8) is 0 Å². The lowest BCUT2D eigenvalue weighted by Crippen LogP contribution is -2.42. The van der Waals surface area contributed by atoms with E-state index < -0.39 is 17.1 Å². The molecule has 0 atom stereocenters. The number of halogens is 2. The molecule has 0 bridgehead atoms. The van der Waals surface area contributed by atoms with Crippen LogP contribution < -0.4 is 11.6 Å². The van der Waals surface area contributed by atoms with Gasteiger partial charge in [0, 0.05) is 13.1 Å². The molecule has 5 nitrogen and oxygen atoms in total. The van der Waals surface area contributed by atoms with Gasteiger partial charge in [0.1, 0.15) is 5.71 Å². The van der Waals surface area contributed by atoms with Crippen LogP contribution in [-0.4, -0.2) is 23.0 Å². The molecule has 0 aliphatic rings. The molecule has 0 heterocycles. The maximum Gasteiger partial charge on any atom is 0.256 e. The van der Waals surface area contributed by atoms with E-state index in [0.717, 1.165) is 6.92 Å². The van der Waals surface area contributed by atoms with Gasteiger partial charge in [-0.3, -0.25) is 4.99 Å². The molecular formula is C13H22F2N4O. The zero-order valence-corrected chi connectivity index (χ0v) is 12.4. The average molecular weight is 288 g/mol. The normalized spacial score (nSPS) is 16.6. The van der Waals surface area contributed by atoms with Crippen molar-refractivity contribution in [2.45, 2.75) is 40.5 Å². The molecule has 0 aromatic rings. The number of hydrogen-bond donors (Lipinski definition) is 3. The predicted molar refractivity (Wildman–Crippen MR) is 77.8 cm³/mol. The predicted octanol–water partition coefficient (Wildman–Crippen LogP) is 2.71. The van der Waals surface area contributed by atoms with Gasteiger partial charge in [0.25, 0.3) is 5.92 Å². The Labute approximate surface area is 117 Å². The summed E-state index contributed by atoms with van der Waals surface area (Å²) in [4.78, 5) is 3.93. The Kier molecular flexibility index (Phi) is 5.87. The number of alkyl halides is 2. The molecule has 0 rings (SSSR count). The molecule has 5 N–H and O–H groups in total. The van der Waals surface area contributed by atoms with E-state index in [1.165, 1.54) is 33.2 Å². The molecule has 0 aliphatic heterocycles. The number of nitrogens with two attached hydrogens (primary N) is 2. The smallest absolute Gasteiger partial charge is 0.256 e. The second-order valence-electron chi connectivity index (χ2n) is 5.09. The molecule has 0 fully saturated rings. The Hall–Kier alpha value is -1.92. The van der Waals surface area contributed by atoms with Crippen molar-refractivity contribution in [3.8, 4) is 0 Å².